The van der Waals surface area contributed by atoms with Gasteiger partial charge in [-0.2, -0.15) is 0 Å². The molecule has 0 atom stereocenters. The molecule has 82 valence electrons. The molecule has 4 heteroatoms. The summed E-state index contributed by atoms with van der Waals surface area (Å²) < 4.78 is 0. The summed E-state index contributed by atoms with van der Waals surface area (Å²) in [6.45, 7) is 0.890. The van der Waals surface area contributed by atoms with E-state index in [-0.39, 0.29) is 5.91 Å². The number of halogens is 1. The van der Waals surface area contributed by atoms with Gasteiger partial charge in [-0.05, 0) is 18.7 Å². The van der Waals surface area contributed by atoms with Crippen molar-refractivity contribution in [3.63, 3.8) is 0 Å². The minimum absolute atomic E-state index is 0.0532. The largest absolute Gasteiger partial charge is 0.340 e. The summed E-state index contributed by atoms with van der Waals surface area (Å²) in [7, 11) is 3.52. The van der Waals surface area contributed by atoms with Crippen LogP contribution in [0.4, 0.5) is 0 Å². The normalized spacial score (nSPS) is 10.1. The Morgan fingerprint density at radius 2 is 2.13 bits per heavy atom. The second kappa shape index (κ2) is 5.73. The molecule has 1 amide bonds. The van der Waals surface area contributed by atoms with Crippen LogP contribution in [-0.4, -0.2) is 31.4 Å². The van der Waals surface area contributed by atoms with E-state index in [1.165, 1.54) is 0 Å². The number of benzene rings is 1. The van der Waals surface area contributed by atoms with Crippen LogP contribution in [0.3, 0.4) is 0 Å². The number of nitrogens with zero attached hydrogens (tertiary/aromatic N) is 1. The molecule has 0 radical (unpaired) electrons. The lowest BCUT2D eigenvalue weighted by Gasteiger charge is -2.17. The van der Waals surface area contributed by atoms with Gasteiger partial charge in [0.2, 0.25) is 5.91 Å². The first-order valence-corrected chi connectivity index (χ1v) is 5.15. The molecular weight excluding hydrogens is 212 g/mol. The molecule has 3 nitrogen and oxygen atoms in total. The third-order valence-electron chi connectivity index (χ3n) is 2.12. The first kappa shape index (κ1) is 12.0. The predicted octanol–water partition coefficient (Wildman–Crippen LogP) is 1.52. The highest BCUT2D eigenvalue weighted by Gasteiger charge is 2.09. The van der Waals surface area contributed by atoms with Gasteiger partial charge in [0, 0.05) is 18.6 Å². The van der Waals surface area contributed by atoms with E-state index in [0.717, 1.165) is 5.56 Å². The molecule has 0 heterocycles. The van der Waals surface area contributed by atoms with Gasteiger partial charge < -0.3 is 10.2 Å². The number of rotatable bonds is 4. The van der Waals surface area contributed by atoms with Crippen LogP contribution < -0.4 is 5.32 Å². The van der Waals surface area contributed by atoms with Gasteiger partial charge in [-0.3, -0.25) is 4.79 Å². The van der Waals surface area contributed by atoms with Crippen molar-refractivity contribution in [3.8, 4) is 0 Å². The maximum Gasteiger partial charge on any atom is 0.236 e. The van der Waals surface area contributed by atoms with Gasteiger partial charge in [0.1, 0.15) is 0 Å². The number of nitrogens with one attached hydrogen (secondary N) is 1. The number of amides is 1. The van der Waals surface area contributed by atoms with Gasteiger partial charge >= 0.3 is 0 Å². The van der Waals surface area contributed by atoms with Crippen LogP contribution in [0.15, 0.2) is 24.3 Å². The third-order valence-corrected chi connectivity index (χ3v) is 2.49. The molecule has 0 bridgehead atoms. The fourth-order valence-corrected chi connectivity index (χ4v) is 1.45. The minimum Gasteiger partial charge on any atom is -0.340 e. The van der Waals surface area contributed by atoms with E-state index in [2.05, 4.69) is 5.32 Å². The molecule has 0 aliphatic heterocycles. The van der Waals surface area contributed by atoms with E-state index in [4.69, 9.17) is 11.6 Å². The van der Waals surface area contributed by atoms with E-state index >= 15 is 0 Å². The average molecular weight is 227 g/mol. The van der Waals surface area contributed by atoms with Crippen molar-refractivity contribution in [2.24, 2.45) is 0 Å². The lowest BCUT2D eigenvalue weighted by atomic mass is 10.2. The molecule has 15 heavy (non-hydrogen) atoms. The maximum atomic E-state index is 11.5. The zero-order chi connectivity index (χ0) is 11.3. The Kier molecular flexibility index (Phi) is 4.59. The molecule has 1 aromatic rings. The molecule has 0 saturated carbocycles. The third kappa shape index (κ3) is 3.53. The van der Waals surface area contributed by atoms with Gasteiger partial charge in [-0.25, -0.2) is 0 Å². The molecule has 1 rings (SSSR count). The molecule has 0 aliphatic rings. The number of hydrogen-bond donors (Lipinski definition) is 1. The first-order valence-electron chi connectivity index (χ1n) is 4.77. The molecule has 1 N–H and O–H groups in total. The summed E-state index contributed by atoms with van der Waals surface area (Å²) in [5.41, 5.74) is 0.964. The summed E-state index contributed by atoms with van der Waals surface area (Å²) in [5.74, 6) is 0.0532. The van der Waals surface area contributed by atoms with Crippen molar-refractivity contribution < 1.29 is 4.79 Å². The van der Waals surface area contributed by atoms with E-state index in [1.807, 2.05) is 24.3 Å². The standard InChI is InChI=1S/C11H15ClN2O/c1-13-7-11(15)14(2)8-9-5-3-4-6-10(9)12/h3-6,13H,7-8H2,1-2H3. The SMILES string of the molecule is CNCC(=O)N(C)Cc1ccccc1Cl. The van der Waals surface area contributed by atoms with Crippen LogP contribution in [0.1, 0.15) is 5.56 Å². The number of hydrogen-bond acceptors (Lipinski definition) is 2. The Balaban J connectivity index is 2.62. The quantitative estimate of drug-likeness (QED) is 0.845. The van der Waals surface area contributed by atoms with E-state index in [9.17, 15) is 4.79 Å². The predicted molar refractivity (Wildman–Crippen MR) is 61.9 cm³/mol. The summed E-state index contributed by atoms with van der Waals surface area (Å²) >= 11 is 6.00. The highest BCUT2D eigenvalue weighted by molar-refractivity contribution is 6.31. The summed E-state index contributed by atoms with van der Waals surface area (Å²) in [5, 5.41) is 3.52. The Morgan fingerprint density at radius 1 is 1.47 bits per heavy atom. The minimum atomic E-state index is 0.0532. The maximum absolute atomic E-state index is 11.5. The fourth-order valence-electron chi connectivity index (χ4n) is 1.26. The second-order valence-corrected chi connectivity index (χ2v) is 3.78. The molecule has 1 aromatic carbocycles. The number of likely N-dealkylation sites (N-methyl/N-ethyl adjacent to an activating group) is 2. The van der Waals surface area contributed by atoms with Crippen molar-refractivity contribution in [3.05, 3.63) is 34.9 Å². The highest BCUT2D eigenvalue weighted by atomic mass is 35.5. The average Bonchev–Trinajstić information content (AvgIpc) is 2.21. The van der Waals surface area contributed by atoms with Crippen molar-refractivity contribution in [2.75, 3.05) is 20.6 Å². The molecule has 0 unspecified atom stereocenters. The summed E-state index contributed by atoms with van der Waals surface area (Å²) in [6, 6.07) is 7.54. The Labute approximate surface area is 95.0 Å². The van der Waals surface area contributed by atoms with Crippen LogP contribution in [0.25, 0.3) is 0 Å². The monoisotopic (exact) mass is 226 g/mol. The van der Waals surface area contributed by atoms with Gasteiger partial charge in [0.25, 0.3) is 0 Å². The molecule has 0 aromatic heterocycles. The van der Waals surface area contributed by atoms with E-state index in [1.54, 1.807) is 19.0 Å². The number of carbonyl (C=O) groups excluding carboxylic acids is 1. The molecule has 0 saturated heterocycles. The molecule has 0 spiro atoms. The van der Waals surface area contributed by atoms with Crippen molar-refractivity contribution in [1.29, 1.82) is 0 Å². The van der Waals surface area contributed by atoms with Gasteiger partial charge in [-0.15, -0.1) is 0 Å². The van der Waals surface area contributed by atoms with Crippen LogP contribution in [0.5, 0.6) is 0 Å². The first-order chi connectivity index (χ1) is 7.15. The van der Waals surface area contributed by atoms with Crippen LogP contribution in [0, 0.1) is 0 Å². The Bertz CT molecular complexity index is 341. The van der Waals surface area contributed by atoms with Crippen LogP contribution >= 0.6 is 11.6 Å². The molecule has 0 fully saturated rings. The van der Waals surface area contributed by atoms with Crippen molar-refractivity contribution >= 4 is 17.5 Å². The van der Waals surface area contributed by atoms with Crippen molar-refractivity contribution in [1.82, 2.24) is 10.2 Å². The topological polar surface area (TPSA) is 32.3 Å². The molecule has 0 aliphatic carbocycles. The lowest BCUT2D eigenvalue weighted by Crippen LogP contribution is -2.33. The highest BCUT2D eigenvalue weighted by Crippen LogP contribution is 2.16. The van der Waals surface area contributed by atoms with Gasteiger partial charge in [-0.1, -0.05) is 29.8 Å². The van der Waals surface area contributed by atoms with E-state index in [0.29, 0.717) is 18.1 Å². The van der Waals surface area contributed by atoms with Crippen molar-refractivity contribution in [2.45, 2.75) is 6.54 Å². The van der Waals surface area contributed by atoms with Gasteiger partial charge in [0.15, 0.2) is 0 Å². The summed E-state index contributed by atoms with van der Waals surface area (Å²) in [6.07, 6.45) is 0. The summed E-state index contributed by atoms with van der Waals surface area (Å²) in [4.78, 5) is 13.1. The lowest BCUT2D eigenvalue weighted by molar-refractivity contribution is -0.129. The number of carbonyl (C=O) groups is 1. The smallest absolute Gasteiger partial charge is 0.236 e. The Hall–Kier alpha value is -1.06. The van der Waals surface area contributed by atoms with Crippen LogP contribution in [0.2, 0.25) is 5.02 Å². The second-order valence-electron chi connectivity index (χ2n) is 3.37. The van der Waals surface area contributed by atoms with E-state index < -0.39 is 0 Å². The fraction of sp³-hybridized carbons (Fsp3) is 0.364. The zero-order valence-corrected chi connectivity index (χ0v) is 9.71. The molecular formula is C11H15ClN2O. The Morgan fingerprint density at radius 3 is 2.73 bits per heavy atom. The zero-order valence-electron chi connectivity index (χ0n) is 8.96. The van der Waals surface area contributed by atoms with Crippen LogP contribution in [-0.2, 0) is 11.3 Å². The van der Waals surface area contributed by atoms with Gasteiger partial charge in [0.05, 0.1) is 6.54 Å².